The number of hydrogen-bond donors (Lipinski definition) is 3. The zero-order valence-corrected chi connectivity index (χ0v) is 13.2. The van der Waals surface area contributed by atoms with Crippen molar-refractivity contribution in [3.05, 3.63) is 23.8 Å². The third kappa shape index (κ3) is 5.60. The molecule has 0 heterocycles. The Morgan fingerprint density at radius 2 is 2.00 bits per heavy atom. The second-order valence-corrected chi connectivity index (χ2v) is 7.07. The number of hydrogen-bond acceptors (Lipinski definition) is 5. The zero-order chi connectivity index (χ0) is 16.3. The van der Waals surface area contributed by atoms with E-state index >= 15 is 0 Å². The number of aromatic hydroxyl groups is 1. The normalized spacial score (nSPS) is 12.0. The van der Waals surface area contributed by atoms with Crippen LogP contribution >= 0.6 is 0 Å². The van der Waals surface area contributed by atoms with Crippen LogP contribution in [0.25, 0.3) is 0 Å². The highest BCUT2D eigenvalue weighted by molar-refractivity contribution is 7.88. The number of nitrogens with one attached hydrogen (secondary N) is 2. The molecule has 0 radical (unpaired) electrons. The molecule has 0 aliphatic rings. The van der Waals surface area contributed by atoms with Gasteiger partial charge in [0.1, 0.15) is 11.5 Å². The molecule has 1 aromatic rings. The molecule has 1 amide bonds. The number of rotatable bonds is 6. The van der Waals surface area contributed by atoms with Crippen LogP contribution in [0.5, 0.6) is 11.5 Å². The van der Waals surface area contributed by atoms with Gasteiger partial charge in [0.2, 0.25) is 10.0 Å². The lowest BCUT2D eigenvalue weighted by Gasteiger charge is -2.25. The molecule has 0 saturated heterocycles. The highest BCUT2D eigenvalue weighted by Gasteiger charge is 2.23. The Balaban J connectivity index is 2.74. The van der Waals surface area contributed by atoms with Crippen LogP contribution in [0.4, 0.5) is 0 Å². The smallest absolute Gasteiger partial charge is 0.255 e. The summed E-state index contributed by atoms with van der Waals surface area (Å²) >= 11 is 0. The number of ether oxygens (including phenoxy) is 1. The highest BCUT2D eigenvalue weighted by Crippen LogP contribution is 2.23. The van der Waals surface area contributed by atoms with Gasteiger partial charge < -0.3 is 15.2 Å². The minimum Gasteiger partial charge on any atom is -0.507 e. The first-order chi connectivity index (χ1) is 9.54. The van der Waals surface area contributed by atoms with Gasteiger partial charge in [0.25, 0.3) is 5.91 Å². The van der Waals surface area contributed by atoms with Crippen molar-refractivity contribution >= 4 is 15.9 Å². The largest absolute Gasteiger partial charge is 0.507 e. The molecule has 8 heteroatoms. The Labute approximate surface area is 124 Å². The van der Waals surface area contributed by atoms with E-state index in [-0.39, 0.29) is 17.9 Å². The first kappa shape index (κ1) is 17.3. The van der Waals surface area contributed by atoms with Crippen LogP contribution in [0.15, 0.2) is 18.2 Å². The van der Waals surface area contributed by atoms with Gasteiger partial charge >= 0.3 is 0 Å². The lowest BCUT2D eigenvalue weighted by atomic mass is 10.1. The van der Waals surface area contributed by atoms with Gasteiger partial charge in [0.15, 0.2) is 0 Å². The molecule has 0 spiro atoms. The summed E-state index contributed by atoms with van der Waals surface area (Å²) in [4.78, 5) is 12.0. The first-order valence-corrected chi connectivity index (χ1v) is 8.07. The van der Waals surface area contributed by atoms with Gasteiger partial charge in [-0.25, -0.2) is 13.1 Å². The first-order valence-electron chi connectivity index (χ1n) is 6.18. The van der Waals surface area contributed by atoms with E-state index in [0.717, 1.165) is 6.26 Å². The van der Waals surface area contributed by atoms with E-state index in [4.69, 9.17) is 4.74 Å². The van der Waals surface area contributed by atoms with Crippen LogP contribution in [0.2, 0.25) is 0 Å². The van der Waals surface area contributed by atoms with Crippen molar-refractivity contribution in [2.75, 3.05) is 19.9 Å². The molecule has 3 N–H and O–H groups in total. The van der Waals surface area contributed by atoms with Gasteiger partial charge in [0, 0.05) is 18.2 Å². The summed E-state index contributed by atoms with van der Waals surface area (Å²) in [5.41, 5.74) is -0.753. The van der Waals surface area contributed by atoms with Crippen LogP contribution in [-0.4, -0.2) is 44.9 Å². The van der Waals surface area contributed by atoms with Crippen molar-refractivity contribution in [1.29, 1.82) is 0 Å². The molecule has 0 atom stereocenters. The summed E-state index contributed by atoms with van der Waals surface area (Å²) in [5, 5.41) is 12.3. The van der Waals surface area contributed by atoms with E-state index in [0.29, 0.717) is 5.75 Å². The average Bonchev–Trinajstić information content (AvgIpc) is 2.33. The van der Waals surface area contributed by atoms with Gasteiger partial charge in [0.05, 0.1) is 18.9 Å². The molecule has 0 unspecified atom stereocenters. The maximum absolute atomic E-state index is 12.0. The van der Waals surface area contributed by atoms with Gasteiger partial charge in [-0.3, -0.25) is 4.79 Å². The monoisotopic (exact) mass is 316 g/mol. The molecule has 0 aromatic heterocycles. The molecule has 0 fully saturated rings. The molecule has 1 rings (SSSR count). The standard InChI is InChI=1S/C13H20N2O5S/c1-13(2,15-21(4,18)19)8-14-12(17)10-6-5-9(20-3)7-11(10)16/h5-7,15-16H,8H2,1-4H3,(H,14,17). The molecule has 0 saturated carbocycles. The third-order valence-corrected chi connectivity index (χ3v) is 3.53. The maximum atomic E-state index is 12.0. The molecule has 1 aromatic carbocycles. The van der Waals surface area contributed by atoms with Gasteiger partial charge in [-0.2, -0.15) is 0 Å². The van der Waals surface area contributed by atoms with Crippen LogP contribution < -0.4 is 14.8 Å². The molecule has 0 bridgehead atoms. The predicted molar refractivity (Wildman–Crippen MR) is 79.1 cm³/mol. The Morgan fingerprint density at radius 1 is 1.38 bits per heavy atom. The number of amides is 1. The van der Waals surface area contributed by atoms with Crippen molar-refractivity contribution < 1.29 is 23.1 Å². The van der Waals surface area contributed by atoms with E-state index in [1.165, 1.54) is 19.2 Å². The van der Waals surface area contributed by atoms with Gasteiger partial charge in [-0.1, -0.05) is 0 Å². The summed E-state index contributed by atoms with van der Waals surface area (Å²) in [6, 6.07) is 4.31. The fourth-order valence-electron chi connectivity index (χ4n) is 1.76. The molecular weight excluding hydrogens is 296 g/mol. The van der Waals surface area contributed by atoms with Crippen molar-refractivity contribution in [2.45, 2.75) is 19.4 Å². The number of carbonyl (C=O) groups is 1. The van der Waals surface area contributed by atoms with Crippen molar-refractivity contribution in [3.63, 3.8) is 0 Å². The fourth-order valence-corrected chi connectivity index (χ4v) is 2.84. The number of phenols is 1. The number of sulfonamides is 1. The minimum atomic E-state index is -3.38. The van der Waals surface area contributed by atoms with Crippen molar-refractivity contribution in [2.24, 2.45) is 0 Å². The highest BCUT2D eigenvalue weighted by atomic mass is 32.2. The Morgan fingerprint density at radius 3 is 2.48 bits per heavy atom. The minimum absolute atomic E-state index is 0.0738. The summed E-state index contributed by atoms with van der Waals surface area (Å²) in [6.45, 7) is 3.36. The number of carbonyl (C=O) groups excluding carboxylic acids is 1. The van der Waals surface area contributed by atoms with E-state index in [1.807, 2.05) is 0 Å². The lowest BCUT2D eigenvalue weighted by Crippen LogP contribution is -2.51. The maximum Gasteiger partial charge on any atom is 0.255 e. The van der Waals surface area contributed by atoms with Crippen LogP contribution in [0, 0.1) is 0 Å². The quantitative estimate of drug-likeness (QED) is 0.707. The Kier molecular flexibility index (Phi) is 5.19. The van der Waals surface area contributed by atoms with Crippen LogP contribution in [0.3, 0.4) is 0 Å². The van der Waals surface area contributed by atoms with Crippen molar-refractivity contribution in [3.8, 4) is 11.5 Å². The van der Waals surface area contributed by atoms with Crippen molar-refractivity contribution in [1.82, 2.24) is 10.0 Å². The molecule has 21 heavy (non-hydrogen) atoms. The average molecular weight is 316 g/mol. The summed E-state index contributed by atoms with van der Waals surface area (Å²) < 4.78 is 29.8. The van der Waals surface area contributed by atoms with Gasteiger partial charge in [-0.15, -0.1) is 0 Å². The van der Waals surface area contributed by atoms with Crippen LogP contribution in [-0.2, 0) is 10.0 Å². The van der Waals surface area contributed by atoms with Crippen LogP contribution in [0.1, 0.15) is 24.2 Å². The molecule has 7 nitrogen and oxygen atoms in total. The number of benzene rings is 1. The fraction of sp³-hybridized carbons (Fsp3) is 0.462. The van der Waals surface area contributed by atoms with Gasteiger partial charge in [-0.05, 0) is 26.0 Å². The van der Waals surface area contributed by atoms with E-state index in [1.54, 1.807) is 19.9 Å². The Bertz CT molecular complexity index is 625. The zero-order valence-electron chi connectivity index (χ0n) is 12.4. The molecular formula is C13H20N2O5S. The summed E-state index contributed by atoms with van der Waals surface area (Å²) in [5.74, 6) is -0.276. The summed E-state index contributed by atoms with van der Waals surface area (Å²) in [7, 11) is -1.93. The molecule has 0 aliphatic heterocycles. The SMILES string of the molecule is COc1ccc(C(=O)NCC(C)(C)NS(C)(=O)=O)c(O)c1. The molecule has 0 aliphatic carbocycles. The summed E-state index contributed by atoms with van der Waals surface area (Å²) in [6.07, 6.45) is 1.05. The number of phenolic OH excluding ortho intramolecular Hbond substituents is 1. The Hall–Kier alpha value is -1.80. The van der Waals surface area contributed by atoms with E-state index < -0.39 is 21.5 Å². The second kappa shape index (κ2) is 6.31. The topological polar surface area (TPSA) is 105 Å². The van der Waals surface area contributed by atoms with E-state index in [2.05, 4.69) is 10.0 Å². The van der Waals surface area contributed by atoms with E-state index in [9.17, 15) is 18.3 Å². The predicted octanol–water partition coefficient (Wildman–Crippen LogP) is 0.458. The molecule has 118 valence electrons. The second-order valence-electron chi connectivity index (χ2n) is 5.32. The third-order valence-electron chi connectivity index (χ3n) is 2.60. The lowest BCUT2D eigenvalue weighted by molar-refractivity contribution is 0.0941. The number of methoxy groups -OCH3 is 1.